The van der Waals surface area contributed by atoms with Gasteiger partial charge in [-0.1, -0.05) is 0 Å². The molecule has 10 heavy (non-hydrogen) atoms. The van der Waals surface area contributed by atoms with E-state index in [-0.39, 0.29) is 47.9 Å². The number of ether oxygens (including phenoxy) is 1. The Kier molecular flexibility index (Phi) is 5.82. The number of aliphatic carboxylic acids is 1. The average Bonchev–Trinajstić information content (AvgIpc) is 1.90. The molecule has 1 fully saturated rings. The van der Waals surface area contributed by atoms with E-state index in [2.05, 4.69) is 5.32 Å². The maximum atomic E-state index is 10.2. The molecule has 1 aliphatic heterocycles. The summed E-state index contributed by atoms with van der Waals surface area (Å²) in [6.07, 6.45) is 0. The smallest absolute Gasteiger partial charge is 0.646 e. The third-order valence-corrected chi connectivity index (χ3v) is 1.15. The van der Waals surface area contributed by atoms with Crippen LogP contribution in [0.4, 0.5) is 0 Å². The van der Waals surface area contributed by atoms with Crippen molar-refractivity contribution < 1.29 is 55.9 Å². The van der Waals surface area contributed by atoms with E-state index >= 15 is 0 Å². The fourth-order valence-electron chi connectivity index (χ4n) is 0.670. The normalized spacial score (nSPS) is 25.0. The summed E-state index contributed by atoms with van der Waals surface area (Å²) < 4.78 is 4.87. The first-order valence-corrected chi connectivity index (χ1v) is 2.78. The number of carboxylic acid groups (broad SMARTS) is 1. The first-order chi connectivity index (χ1) is 4.30. The summed E-state index contributed by atoms with van der Waals surface area (Å²) in [7, 11) is 0. The maximum absolute atomic E-state index is 10.2. The van der Waals surface area contributed by atoms with E-state index in [9.17, 15) is 4.79 Å². The Morgan fingerprint density at radius 2 is 2.40 bits per heavy atom. The Morgan fingerprint density at radius 1 is 1.70 bits per heavy atom. The number of hydrogen-bond donors (Lipinski definition) is 1. The number of carbonyl (C=O) groups is 1. The molecule has 4 nitrogen and oxygen atoms in total. The van der Waals surface area contributed by atoms with Gasteiger partial charge in [0, 0.05) is 13.2 Å². The van der Waals surface area contributed by atoms with E-state index in [1.807, 2.05) is 0 Å². The third kappa shape index (κ3) is 3.24. The molecule has 1 atom stereocenters. The third-order valence-electron chi connectivity index (χ3n) is 1.15. The van der Waals surface area contributed by atoms with Crippen LogP contribution in [-0.2, 0) is 9.53 Å². The summed E-state index contributed by atoms with van der Waals surface area (Å²) in [5.74, 6) is -0.894. The monoisotopic (exact) mass is 271 g/mol. The van der Waals surface area contributed by atoms with Gasteiger partial charge in [0.15, 0.2) is 0 Å². The van der Waals surface area contributed by atoms with Crippen LogP contribution in [0.3, 0.4) is 0 Å². The van der Waals surface area contributed by atoms with Crippen molar-refractivity contribution in [1.82, 2.24) is 0 Å². The Morgan fingerprint density at radius 3 is 2.70 bits per heavy atom. The first-order valence-electron chi connectivity index (χ1n) is 2.78. The molecule has 0 aliphatic carbocycles. The number of hydrogen-bond acceptors (Lipinski definition) is 2. The molecule has 1 heterocycles. The van der Waals surface area contributed by atoms with Crippen molar-refractivity contribution >= 4 is 5.97 Å². The Hall–Kier alpha value is 0.754. The number of carboxylic acids is 1. The molecular weight excluding hydrogens is 263 g/mol. The summed E-state index contributed by atoms with van der Waals surface area (Å²) >= 11 is 0. The van der Waals surface area contributed by atoms with Crippen LogP contribution in [0.5, 0.6) is 0 Å². The van der Waals surface area contributed by atoms with Gasteiger partial charge in [0.25, 0.3) is 5.97 Å². The second-order valence-electron chi connectivity index (χ2n) is 1.84. The fourth-order valence-corrected chi connectivity index (χ4v) is 0.670. The molecule has 0 saturated carbocycles. The largest absolute Gasteiger partial charge is 3.00 e. The number of nitrogens with zero attached hydrogens (tertiary/aromatic N) is 1. The van der Waals surface area contributed by atoms with Crippen molar-refractivity contribution in [1.29, 1.82) is 0 Å². The molecule has 0 aromatic carbocycles. The number of morpholine rings is 1. The molecule has 0 spiro atoms. The van der Waals surface area contributed by atoms with Crippen LogP contribution >= 0.6 is 0 Å². The molecular formula is C5H8NO3Pr+2. The zero-order valence-electron chi connectivity index (χ0n) is 5.49. The minimum absolute atomic E-state index is 0. The van der Waals surface area contributed by atoms with Crippen molar-refractivity contribution in [3.05, 3.63) is 5.32 Å². The maximum Gasteiger partial charge on any atom is 3.00 e. The van der Waals surface area contributed by atoms with Gasteiger partial charge in [-0.25, -0.2) is 0 Å². The average molecular weight is 271 g/mol. The van der Waals surface area contributed by atoms with Gasteiger partial charge in [-0.05, 0) is 6.04 Å². The van der Waals surface area contributed by atoms with Crippen LogP contribution in [0.25, 0.3) is 5.32 Å². The molecule has 0 amide bonds. The van der Waals surface area contributed by atoms with Crippen molar-refractivity contribution in [2.24, 2.45) is 0 Å². The molecule has 1 unspecified atom stereocenters. The molecule has 1 N–H and O–H groups in total. The molecule has 0 aromatic rings. The molecule has 1 saturated heterocycles. The quantitative estimate of drug-likeness (QED) is 0.721. The van der Waals surface area contributed by atoms with Crippen LogP contribution < -0.4 is 0 Å². The van der Waals surface area contributed by atoms with Gasteiger partial charge in [-0.15, -0.1) is 6.54 Å². The van der Waals surface area contributed by atoms with E-state index in [0.717, 1.165) is 0 Å². The predicted octanol–water partition coefficient (Wildman–Crippen LogP) is -0.157. The second-order valence-corrected chi connectivity index (χ2v) is 1.84. The predicted molar refractivity (Wildman–Crippen MR) is 30.5 cm³/mol. The molecule has 1 rings (SSSR count). The van der Waals surface area contributed by atoms with Crippen LogP contribution in [0.1, 0.15) is 0 Å². The Labute approximate surface area is 92.3 Å². The SMILES string of the molecule is O=C(O)C1COCC[N-]1.[Pr+3]. The van der Waals surface area contributed by atoms with Gasteiger partial charge < -0.3 is 15.2 Å². The van der Waals surface area contributed by atoms with Gasteiger partial charge in [0.1, 0.15) is 0 Å². The summed E-state index contributed by atoms with van der Waals surface area (Å²) in [6.45, 7) is 1.30. The zero-order chi connectivity index (χ0) is 6.69. The van der Waals surface area contributed by atoms with Crippen molar-refractivity contribution in [2.45, 2.75) is 6.04 Å². The number of rotatable bonds is 1. The topological polar surface area (TPSA) is 60.6 Å². The Bertz CT molecular complexity index is 113. The molecule has 0 bridgehead atoms. The van der Waals surface area contributed by atoms with E-state index in [1.165, 1.54) is 0 Å². The van der Waals surface area contributed by atoms with E-state index < -0.39 is 12.0 Å². The van der Waals surface area contributed by atoms with Crippen LogP contribution in [-0.4, -0.2) is 36.9 Å². The summed E-state index contributed by atoms with van der Waals surface area (Å²) in [5.41, 5.74) is 0. The summed E-state index contributed by atoms with van der Waals surface area (Å²) in [5, 5.41) is 12.2. The summed E-state index contributed by atoms with van der Waals surface area (Å²) in [4.78, 5) is 10.2. The molecule has 1 aliphatic rings. The van der Waals surface area contributed by atoms with Gasteiger partial charge in [0.2, 0.25) is 0 Å². The van der Waals surface area contributed by atoms with E-state index in [4.69, 9.17) is 9.84 Å². The van der Waals surface area contributed by atoms with Gasteiger partial charge in [-0.2, -0.15) is 0 Å². The van der Waals surface area contributed by atoms with Crippen LogP contribution in [0.15, 0.2) is 0 Å². The van der Waals surface area contributed by atoms with Crippen LogP contribution in [0.2, 0.25) is 0 Å². The van der Waals surface area contributed by atoms with Gasteiger partial charge in [0.05, 0.1) is 0 Å². The van der Waals surface area contributed by atoms with Crippen molar-refractivity contribution in [2.75, 3.05) is 19.8 Å². The minimum atomic E-state index is -0.894. The second kappa shape index (κ2) is 5.41. The van der Waals surface area contributed by atoms with Crippen molar-refractivity contribution in [3.8, 4) is 0 Å². The first kappa shape index (κ1) is 10.8. The summed E-state index contributed by atoms with van der Waals surface area (Å²) in [6, 6.07) is -0.626. The van der Waals surface area contributed by atoms with Crippen LogP contribution in [0, 0.1) is 41.3 Å². The molecule has 52 valence electrons. The Balaban J connectivity index is 0.000000810. The standard InChI is InChI=1S/C5H8NO3.Pr/c7-5(8)4-3-9-2-1-6-4;/h4H,1-3H2,(H,7,8);/q-1;+3. The van der Waals surface area contributed by atoms with E-state index in [0.29, 0.717) is 13.2 Å². The zero-order valence-corrected chi connectivity index (χ0v) is 9.19. The van der Waals surface area contributed by atoms with E-state index in [1.54, 1.807) is 0 Å². The molecule has 0 aromatic heterocycles. The minimum Gasteiger partial charge on any atom is -0.646 e. The fraction of sp³-hybridized carbons (Fsp3) is 0.800. The molecule has 0 radical (unpaired) electrons. The molecule has 5 heteroatoms. The van der Waals surface area contributed by atoms with Crippen molar-refractivity contribution in [3.63, 3.8) is 0 Å². The van der Waals surface area contributed by atoms with Gasteiger partial charge >= 0.3 is 41.3 Å². The van der Waals surface area contributed by atoms with Gasteiger partial charge in [-0.3, -0.25) is 4.79 Å².